The molecule has 5 rings (SSSR count). The number of Topliss-reactive ketones (excluding diaryl/α,β-unsaturated/α-hetero) is 1. The number of unbranched alkanes of at least 4 members (excludes halogenated alkanes) is 1. The molecule has 0 saturated carbocycles. The Balaban J connectivity index is 0.00000480. The molecule has 1 unspecified atom stereocenters. The number of likely N-dealkylation sites (N-methyl/N-ethyl adjacent to an activating group) is 2. The number of nitrogens with one attached hydrogen (secondary N) is 1. The standard InChI is InChI=1S/C34H41N3O7S.ClH/c1-24(38)23-35-34(33(39)37(3)28-9-5-6-10-32(28)45-34)27-21-25(40-4)11-13-29(27)42-17-8-7-15-36(2)16-18-41-26-12-14-30-31(22-26)44-20-19-43-30;/h5-6,9-14,21-22,35H,7-8,15-20,23H2,1-4H3;1H. The molecule has 3 aromatic carbocycles. The maximum atomic E-state index is 14.1. The molecule has 248 valence electrons. The second kappa shape index (κ2) is 16.3. The third-order valence-electron chi connectivity index (χ3n) is 7.69. The van der Waals surface area contributed by atoms with E-state index in [9.17, 15) is 9.59 Å². The van der Waals surface area contributed by atoms with E-state index in [-0.39, 0.29) is 30.6 Å². The number of carbonyl (C=O) groups excluding carboxylic acids is 2. The maximum Gasteiger partial charge on any atom is 0.262 e. The third-order valence-corrected chi connectivity index (χ3v) is 9.11. The first kappa shape index (κ1) is 35.2. The summed E-state index contributed by atoms with van der Waals surface area (Å²) in [7, 11) is 5.41. The molecule has 1 N–H and O–H groups in total. The van der Waals surface area contributed by atoms with E-state index in [1.807, 2.05) is 60.7 Å². The zero-order valence-corrected chi connectivity index (χ0v) is 28.3. The van der Waals surface area contributed by atoms with Crippen molar-refractivity contribution in [2.24, 2.45) is 0 Å². The van der Waals surface area contributed by atoms with Crippen molar-refractivity contribution in [3.8, 4) is 28.7 Å². The monoisotopic (exact) mass is 671 g/mol. The largest absolute Gasteiger partial charge is 0.497 e. The van der Waals surface area contributed by atoms with Crippen LogP contribution in [0.25, 0.3) is 0 Å². The molecule has 2 aliphatic heterocycles. The van der Waals surface area contributed by atoms with Crippen molar-refractivity contribution in [2.75, 3.05) is 72.2 Å². The summed E-state index contributed by atoms with van der Waals surface area (Å²) in [5.74, 6) is 3.13. The molecule has 1 amide bonds. The number of methoxy groups -OCH3 is 1. The lowest BCUT2D eigenvalue weighted by Gasteiger charge is -2.41. The average Bonchev–Trinajstić information content (AvgIpc) is 3.05. The number of rotatable bonds is 15. The summed E-state index contributed by atoms with van der Waals surface area (Å²) in [6, 6.07) is 18.9. The Morgan fingerprint density at radius 1 is 0.978 bits per heavy atom. The number of hydrogen-bond donors (Lipinski definition) is 1. The van der Waals surface area contributed by atoms with Crippen LogP contribution in [0.2, 0.25) is 0 Å². The minimum Gasteiger partial charge on any atom is -0.497 e. The molecule has 0 aromatic heterocycles. The highest BCUT2D eigenvalue weighted by molar-refractivity contribution is 8.01. The van der Waals surface area contributed by atoms with Crippen LogP contribution in [0.15, 0.2) is 65.6 Å². The van der Waals surface area contributed by atoms with Gasteiger partial charge in [0, 0.05) is 30.1 Å². The molecule has 0 radical (unpaired) electrons. The molecule has 10 nitrogen and oxygen atoms in total. The van der Waals surface area contributed by atoms with Crippen molar-refractivity contribution in [2.45, 2.75) is 29.5 Å². The molecule has 46 heavy (non-hydrogen) atoms. The van der Waals surface area contributed by atoms with E-state index in [4.69, 9.17) is 23.7 Å². The molecule has 0 aliphatic carbocycles. The number of benzene rings is 3. The Hall–Kier alpha value is -3.64. The minimum atomic E-state index is -1.28. The van der Waals surface area contributed by atoms with Gasteiger partial charge in [0.15, 0.2) is 16.4 Å². The number of ketones is 1. The van der Waals surface area contributed by atoms with Crippen molar-refractivity contribution >= 4 is 41.5 Å². The second-order valence-electron chi connectivity index (χ2n) is 11.0. The fourth-order valence-electron chi connectivity index (χ4n) is 5.25. The van der Waals surface area contributed by atoms with Crippen LogP contribution in [0, 0.1) is 0 Å². The first-order valence-electron chi connectivity index (χ1n) is 15.1. The number of carbonyl (C=O) groups is 2. The fourth-order valence-corrected chi connectivity index (χ4v) is 6.67. The van der Waals surface area contributed by atoms with Gasteiger partial charge in [-0.2, -0.15) is 0 Å². The minimum absolute atomic E-state index is 0. The summed E-state index contributed by atoms with van der Waals surface area (Å²) in [5.41, 5.74) is 1.44. The Labute approximate surface area is 281 Å². The van der Waals surface area contributed by atoms with Gasteiger partial charge in [0.25, 0.3) is 5.91 Å². The van der Waals surface area contributed by atoms with Gasteiger partial charge in [-0.3, -0.25) is 14.9 Å². The highest BCUT2D eigenvalue weighted by Gasteiger charge is 2.49. The lowest BCUT2D eigenvalue weighted by atomic mass is 10.0. The van der Waals surface area contributed by atoms with Gasteiger partial charge in [-0.1, -0.05) is 23.9 Å². The summed E-state index contributed by atoms with van der Waals surface area (Å²) in [6.45, 7) is 5.31. The molecule has 0 fully saturated rings. The molecule has 2 aliphatic rings. The first-order valence-corrected chi connectivity index (χ1v) is 16.0. The zero-order valence-electron chi connectivity index (χ0n) is 26.7. The second-order valence-corrected chi connectivity index (χ2v) is 12.3. The summed E-state index contributed by atoms with van der Waals surface area (Å²) >= 11 is 1.38. The highest BCUT2D eigenvalue weighted by atomic mass is 35.5. The van der Waals surface area contributed by atoms with Gasteiger partial charge >= 0.3 is 0 Å². The van der Waals surface area contributed by atoms with Crippen LogP contribution in [-0.2, 0) is 14.5 Å². The Bertz CT molecular complexity index is 1510. The number of fused-ring (bicyclic) bond motifs is 2. The number of amides is 1. The predicted octanol–water partition coefficient (Wildman–Crippen LogP) is 5.16. The van der Waals surface area contributed by atoms with Gasteiger partial charge in [0.2, 0.25) is 0 Å². The lowest BCUT2D eigenvalue weighted by Crippen LogP contribution is -2.55. The fraction of sp³-hybridized carbons (Fsp3) is 0.412. The average molecular weight is 672 g/mol. The number of halogens is 1. The van der Waals surface area contributed by atoms with Crippen molar-refractivity contribution in [1.82, 2.24) is 10.2 Å². The lowest BCUT2D eigenvalue weighted by molar-refractivity contribution is -0.122. The van der Waals surface area contributed by atoms with Crippen molar-refractivity contribution in [3.63, 3.8) is 0 Å². The van der Waals surface area contributed by atoms with Gasteiger partial charge in [0.05, 0.1) is 25.9 Å². The maximum absolute atomic E-state index is 14.1. The number of anilines is 1. The van der Waals surface area contributed by atoms with Crippen molar-refractivity contribution < 1.29 is 33.3 Å². The van der Waals surface area contributed by atoms with Gasteiger partial charge < -0.3 is 33.5 Å². The van der Waals surface area contributed by atoms with Gasteiger partial charge in [-0.15, -0.1) is 12.4 Å². The van der Waals surface area contributed by atoms with E-state index < -0.39 is 4.87 Å². The number of hydrogen-bond acceptors (Lipinski definition) is 10. The van der Waals surface area contributed by atoms with E-state index in [0.717, 1.165) is 53.8 Å². The number of ether oxygens (including phenoxy) is 5. The van der Waals surface area contributed by atoms with Crippen LogP contribution < -0.4 is 33.9 Å². The molecule has 1 atom stereocenters. The molecule has 0 spiro atoms. The summed E-state index contributed by atoms with van der Waals surface area (Å²) < 4.78 is 29.0. The van der Waals surface area contributed by atoms with Gasteiger partial charge in [0.1, 0.15) is 42.9 Å². The smallest absolute Gasteiger partial charge is 0.262 e. The molecule has 2 heterocycles. The van der Waals surface area contributed by atoms with E-state index in [2.05, 4.69) is 17.3 Å². The molecular weight excluding hydrogens is 630 g/mol. The summed E-state index contributed by atoms with van der Waals surface area (Å²) in [6.07, 6.45) is 1.74. The topological polar surface area (TPSA) is 98.8 Å². The summed E-state index contributed by atoms with van der Waals surface area (Å²) in [5, 5.41) is 3.28. The number of para-hydroxylation sites is 1. The first-order chi connectivity index (χ1) is 21.8. The van der Waals surface area contributed by atoms with E-state index >= 15 is 0 Å². The highest BCUT2D eigenvalue weighted by Crippen LogP contribution is 2.51. The van der Waals surface area contributed by atoms with Crippen LogP contribution in [0.4, 0.5) is 5.69 Å². The van der Waals surface area contributed by atoms with Crippen LogP contribution in [-0.4, -0.2) is 83.9 Å². The van der Waals surface area contributed by atoms with Crippen molar-refractivity contribution in [1.29, 1.82) is 0 Å². The van der Waals surface area contributed by atoms with E-state index in [1.54, 1.807) is 19.1 Å². The third kappa shape index (κ3) is 8.19. The Morgan fingerprint density at radius 3 is 2.52 bits per heavy atom. The van der Waals surface area contributed by atoms with E-state index in [1.165, 1.54) is 18.7 Å². The zero-order chi connectivity index (χ0) is 31.8. The normalized spacial score (nSPS) is 16.8. The van der Waals surface area contributed by atoms with Crippen LogP contribution in [0.3, 0.4) is 0 Å². The van der Waals surface area contributed by atoms with Crippen molar-refractivity contribution in [3.05, 3.63) is 66.2 Å². The van der Waals surface area contributed by atoms with Crippen LogP contribution in [0.1, 0.15) is 25.3 Å². The molecule has 12 heteroatoms. The molecule has 0 saturated heterocycles. The molecule has 0 bridgehead atoms. The Morgan fingerprint density at radius 2 is 1.74 bits per heavy atom. The van der Waals surface area contributed by atoms with Crippen LogP contribution >= 0.6 is 24.2 Å². The number of thioether (sulfide) groups is 1. The number of nitrogens with zero attached hydrogens (tertiary/aromatic N) is 2. The quantitative estimate of drug-likeness (QED) is 0.218. The molecule has 3 aromatic rings. The van der Waals surface area contributed by atoms with Gasteiger partial charge in [-0.25, -0.2) is 0 Å². The SMILES string of the molecule is COc1ccc(OCCCCN(C)CCOc2ccc3c(c2)OCCO3)c(C2(NCC(C)=O)Sc3ccccc3N(C)C2=O)c1.Cl. The van der Waals surface area contributed by atoms with Gasteiger partial charge in [-0.05, 0) is 75.8 Å². The summed E-state index contributed by atoms with van der Waals surface area (Å²) in [4.78, 5) is 29.7. The van der Waals surface area contributed by atoms with Crippen LogP contribution in [0.5, 0.6) is 28.7 Å². The molecular formula is C34H42ClN3O7S. The Kier molecular flexibility index (Phi) is 12.5. The van der Waals surface area contributed by atoms with E-state index in [0.29, 0.717) is 43.5 Å². The predicted molar refractivity (Wildman–Crippen MR) is 181 cm³/mol.